The van der Waals surface area contributed by atoms with Crippen molar-refractivity contribution in [2.75, 3.05) is 14.2 Å². The van der Waals surface area contributed by atoms with Gasteiger partial charge in [0.1, 0.15) is 10.6 Å². The van der Waals surface area contributed by atoms with Crippen LogP contribution in [0.2, 0.25) is 0 Å². The molecule has 0 heterocycles. The smallest absolute Gasteiger partial charge is 0.337 e. The summed E-state index contributed by atoms with van der Waals surface area (Å²) in [6, 6.07) is 3.97. The maximum Gasteiger partial charge on any atom is 0.337 e. The highest BCUT2D eigenvalue weighted by Gasteiger charge is 2.28. The molecule has 112 valence electrons. The van der Waals surface area contributed by atoms with Gasteiger partial charge in [0.2, 0.25) is 0 Å². The first-order valence-electron chi connectivity index (χ1n) is 5.83. The van der Waals surface area contributed by atoms with Gasteiger partial charge < -0.3 is 9.47 Å². The molecule has 0 atom stereocenters. The molecule has 0 fully saturated rings. The van der Waals surface area contributed by atoms with Crippen LogP contribution in [0.25, 0.3) is 0 Å². The van der Waals surface area contributed by atoms with Gasteiger partial charge in [0.25, 0.3) is 0 Å². The molecule has 0 saturated carbocycles. The molecule has 0 spiro atoms. The lowest BCUT2D eigenvalue weighted by Gasteiger charge is -2.20. The summed E-state index contributed by atoms with van der Waals surface area (Å²) in [5, 5.41) is 0. The third-order valence-corrected chi connectivity index (χ3v) is 3.79. The van der Waals surface area contributed by atoms with Gasteiger partial charge in [0.05, 0.1) is 25.4 Å². The predicted molar refractivity (Wildman–Crippen MR) is 72.4 cm³/mol. The Morgan fingerprint density at radius 2 is 1.75 bits per heavy atom. The van der Waals surface area contributed by atoms with E-state index in [0.29, 0.717) is 0 Å². The minimum Gasteiger partial charge on any atom is -0.495 e. The summed E-state index contributed by atoms with van der Waals surface area (Å²) in [7, 11) is -1.51. The van der Waals surface area contributed by atoms with Gasteiger partial charge >= 0.3 is 16.1 Å². The molecule has 0 amide bonds. The molecular weight excluding hydrogens is 284 g/mol. The van der Waals surface area contributed by atoms with E-state index < -0.39 is 21.7 Å². The Balaban J connectivity index is 3.37. The summed E-state index contributed by atoms with van der Waals surface area (Å²) >= 11 is 0. The van der Waals surface area contributed by atoms with Gasteiger partial charge in [-0.05, 0) is 39.0 Å². The fraction of sp³-hybridized carbons (Fsp3) is 0.462. The van der Waals surface area contributed by atoms with Crippen LogP contribution in [0.15, 0.2) is 23.1 Å². The normalized spacial score (nSPS) is 12.1. The van der Waals surface area contributed by atoms with E-state index in [0.717, 1.165) is 0 Å². The van der Waals surface area contributed by atoms with Crippen LogP contribution in [0.1, 0.15) is 31.1 Å². The van der Waals surface area contributed by atoms with Gasteiger partial charge in [-0.15, -0.1) is 0 Å². The van der Waals surface area contributed by atoms with Crippen LogP contribution in [0.4, 0.5) is 0 Å². The zero-order valence-corrected chi connectivity index (χ0v) is 12.9. The first-order chi connectivity index (χ1) is 9.10. The lowest BCUT2D eigenvalue weighted by atomic mass is 10.2. The number of esters is 1. The van der Waals surface area contributed by atoms with Crippen molar-refractivity contribution in [3.8, 4) is 5.75 Å². The second-order valence-electron chi connectivity index (χ2n) is 5.01. The summed E-state index contributed by atoms with van der Waals surface area (Å²) < 4.78 is 39.1. The van der Waals surface area contributed by atoms with Crippen molar-refractivity contribution in [1.29, 1.82) is 0 Å². The van der Waals surface area contributed by atoms with E-state index in [1.807, 2.05) is 0 Å². The Morgan fingerprint density at radius 1 is 1.15 bits per heavy atom. The van der Waals surface area contributed by atoms with Crippen LogP contribution in [0.3, 0.4) is 0 Å². The highest BCUT2D eigenvalue weighted by molar-refractivity contribution is 7.87. The Bertz CT molecular complexity index is 598. The van der Waals surface area contributed by atoms with E-state index in [-0.39, 0.29) is 16.2 Å². The van der Waals surface area contributed by atoms with Gasteiger partial charge in [-0.1, -0.05) is 0 Å². The monoisotopic (exact) mass is 302 g/mol. The molecule has 0 radical (unpaired) electrons. The second kappa shape index (κ2) is 5.80. The van der Waals surface area contributed by atoms with Crippen molar-refractivity contribution in [3.05, 3.63) is 23.8 Å². The highest BCUT2D eigenvalue weighted by Crippen LogP contribution is 2.29. The van der Waals surface area contributed by atoms with Crippen LogP contribution < -0.4 is 4.74 Å². The van der Waals surface area contributed by atoms with Crippen LogP contribution in [0, 0.1) is 0 Å². The highest BCUT2D eigenvalue weighted by atomic mass is 32.2. The summed E-state index contributed by atoms with van der Waals surface area (Å²) in [4.78, 5) is 11.3. The van der Waals surface area contributed by atoms with E-state index >= 15 is 0 Å². The molecule has 0 bridgehead atoms. The number of carbonyl (C=O) groups is 1. The third-order valence-electron chi connectivity index (χ3n) is 2.21. The Hall–Kier alpha value is -1.60. The molecule has 1 aromatic rings. The van der Waals surface area contributed by atoms with Crippen LogP contribution in [-0.2, 0) is 19.0 Å². The fourth-order valence-corrected chi connectivity index (χ4v) is 2.91. The second-order valence-corrected chi connectivity index (χ2v) is 6.52. The predicted octanol–water partition coefficient (Wildman–Crippen LogP) is 1.99. The molecule has 6 nitrogen and oxygen atoms in total. The minimum atomic E-state index is -4.06. The van der Waals surface area contributed by atoms with Gasteiger partial charge in [0, 0.05) is 0 Å². The lowest BCUT2D eigenvalue weighted by Crippen LogP contribution is -2.24. The van der Waals surface area contributed by atoms with E-state index in [1.165, 1.54) is 32.4 Å². The average molecular weight is 302 g/mol. The van der Waals surface area contributed by atoms with Crippen LogP contribution in [-0.4, -0.2) is 34.2 Å². The molecule has 0 aliphatic carbocycles. The standard InChI is InChI=1S/C13H18O6S/c1-13(2,3)19-20(15,16)11-8-9(12(14)18-5)6-7-10(11)17-4/h6-8H,1-5H3. The third kappa shape index (κ3) is 3.94. The van der Waals surface area contributed by atoms with Crippen molar-refractivity contribution in [2.45, 2.75) is 31.3 Å². The molecule has 0 N–H and O–H groups in total. The Kier molecular flexibility index (Phi) is 4.77. The van der Waals surface area contributed by atoms with Gasteiger partial charge in [-0.3, -0.25) is 4.18 Å². The van der Waals surface area contributed by atoms with Crippen LogP contribution >= 0.6 is 0 Å². The van der Waals surface area contributed by atoms with Crippen molar-refractivity contribution < 1.29 is 26.9 Å². The van der Waals surface area contributed by atoms with E-state index in [4.69, 9.17) is 8.92 Å². The number of ether oxygens (including phenoxy) is 2. The number of carbonyl (C=O) groups excluding carboxylic acids is 1. The van der Waals surface area contributed by atoms with Gasteiger partial charge in [0.15, 0.2) is 0 Å². The Morgan fingerprint density at radius 3 is 2.20 bits per heavy atom. The molecule has 0 aliphatic heterocycles. The number of benzene rings is 1. The molecule has 0 aliphatic rings. The SMILES string of the molecule is COC(=O)c1ccc(OC)c(S(=O)(=O)OC(C)(C)C)c1. The molecule has 1 rings (SSSR count). The molecule has 0 saturated heterocycles. The summed E-state index contributed by atoms with van der Waals surface area (Å²) in [5.41, 5.74) is -0.796. The zero-order chi connectivity index (χ0) is 15.6. The number of hydrogen-bond donors (Lipinski definition) is 0. The Labute approximate surface area is 118 Å². The number of rotatable bonds is 4. The van der Waals surface area contributed by atoms with Crippen molar-refractivity contribution in [1.82, 2.24) is 0 Å². The summed E-state index contributed by atoms with van der Waals surface area (Å²) in [6.45, 7) is 4.84. The molecule has 0 unspecified atom stereocenters. The average Bonchev–Trinajstić information content (AvgIpc) is 2.34. The van der Waals surface area contributed by atoms with E-state index in [9.17, 15) is 13.2 Å². The van der Waals surface area contributed by atoms with Crippen molar-refractivity contribution in [2.24, 2.45) is 0 Å². The largest absolute Gasteiger partial charge is 0.495 e. The molecule has 7 heteroatoms. The first kappa shape index (κ1) is 16.5. The molecule has 1 aromatic carbocycles. The maximum absolute atomic E-state index is 12.2. The number of methoxy groups -OCH3 is 2. The van der Waals surface area contributed by atoms with Crippen molar-refractivity contribution >= 4 is 16.1 Å². The topological polar surface area (TPSA) is 78.9 Å². The fourth-order valence-electron chi connectivity index (χ4n) is 1.49. The van der Waals surface area contributed by atoms with Gasteiger partial charge in [-0.25, -0.2) is 4.79 Å². The van der Waals surface area contributed by atoms with Gasteiger partial charge in [-0.2, -0.15) is 8.42 Å². The molecular formula is C13H18O6S. The van der Waals surface area contributed by atoms with E-state index in [1.54, 1.807) is 20.8 Å². The summed E-state index contributed by atoms with van der Waals surface area (Å²) in [6.07, 6.45) is 0. The lowest BCUT2D eigenvalue weighted by molar-refractivity contribution is 0.0600. The van der Waals surface area contributed by atoms with Crippen LogP contribution in [0.5, 0.6) is 5.75 Å². The summed E-state index contributed by atoms with van der Waals surface area (Å²) in [5.74, 6) is -0.540. The van der Waals surface area contributed by atoms with E-state index in [2.05, 4.69) is 4.74 Å². The molecule has 0 aromatic heterocycles. The van der Waals surface area contributed by atoms with Crippen molar-refractivity contribution in [3.63, 3.8) is 0 Å². The molecule has 20 heavy (non-hydrogen) atoms. The first-order valence-corrected chi connectivity index (χ1v) is 7.23. The number of hydrogen-bond acceptors (Lipinski definition) is 6. The quantitative estimate of drug-likeness (QED) is 0.625. The minimum absolute atomic E-state index is 0.0990. The zero-order valence-electron chi connectivity index (χ0n) is 12.1. The maximum atomic E-state index is 12.2.